The van der Waals surface area contributed by atoms with Gasteiger partial charge in [0.25, 0.3) is 0 Å². The summed E-state index contributed by atoms with van der Waals surface area (Å²) in [4.78, 5) is 7.11. The maximum absolute atomic E-state index is 4.69. The summed E-state index contributed by atoms with van der Waals surface area (Å²) >= 11 is 3.52. The second kappa shape index (κ2) is 8.55. The van der Waals surface area contributed by atoms with Crippen molar-refractivity contribution in [3.8, 4) is 0 Å². The van der Waals surface area contributed by atoms with Gasteiger partial charge in [0.2, 0.25) is 0 Å². The molecule has 1 aliphatic heterocycles. The first-order chi connectivity index (χ1) is 13.6. The van der Waals surface area contributed by atoms with E-state index in [0.717, 1.165) is 30.1 Å². The van der Waals surface area contributed by atoms with Crippen molar-refractivity contribution < 1.29 is 0 Å². The molecule has 0 bridgehead atoms. The summed E-state index contributed by atoms with van der Waals surface area (Å²) in [7, 11) is 1.97. The molecule has 1 saturated heterocycles. The van der Waals surface area contributed by atoms with Crippen molar-refractivity contribution in [3.05, 3.63) is 46.7 Å². The molecule has 1 saturated carbocycles. The van der Waals surface area contributed by atoms with Crippen molar-refractivity contribution in [1.29, 1.82) is 0 Å². The largest absolute Gasteiger partial charge is 0.367 e. The Kier molecular flexibility index (Phi) is 5.90. The van der Waals surface area contributed by atoms with Crippen LogP contribution in [0.25, 0.3) is 0 Å². The first-order valence-electron chi connectivity index (χ1n) is 10.2. The lowest BCUT2D eigenvalue weighted by molar-refractivity contribution is 0.467. The van der Waals surface area contributed by atoms with Crippen LogP contribution in [-0.4, -0.2) is 47.5 Å². The Morgan fingerprint density at radius 3 is 2.82 bits per heavy atom. The third kappa shape index (κ3) is 4.69. The van der Waals surface area contributed by atoms with Crippen LogP contribution in [0, 0.1) is 0 Å². The molecular formula is C21H29BrN6. The van der Waals surface area contributed by atoms with Gasteiger partial charge in [0, 0.05) is 55.4 Å². The number of aromatic nitrogens is 2. The fourth-order valence-corrected chi connectivity index (χ4v) is 4.26. The smallest absolute Gasteiger partial charge is 0.191 e. The number of hydrogen-bond donors (Lipinski definition) is 2. The van der Waals surface area contributed by atoms with Crippen molar-refractivity contribution in [2.75, 3.05) is 24.5 Å². The monoisotopic (exact) mass is 444 g/mol. The minimum Gasteiger partial charge on any atom is -0.367 e. The normalized spacial score (nSPS) is 24.9. The highest BCUT2D eigenvalue weighted by Crippen LogP contribution is 2.41. The Balaban J connectivity index is 1.34. The molecule has 3 unspecified atom stereocenters. The number of aryl methyl sites for hydroxylation is 1. The molecule has 0 amide bonds. The Morgan fingerprint density at radius 1 is 1.29 bits per heavy atom. The first kappa shape index (κ1) is 19.3. The number of rotatable bonds is 5. The molecule has 1 aromatic heterocycles. The minimum atomic E-state index is 0.400. The van der Waals surface area contributed by atoms with E-state index in [2.05, 4.69) is 73.9 Å². The molecule has 7 heteroatoms. The summed E-state index contributed by atoms with van der Waals surface area (Å²) in [6.45, 7) is 4.94. The number of hydrogen-bond acceptors (Lipinski definition) is 3. The molecule has 2 heterocycles. The lowest BCUT2D eigenvalue weighted by Gasteiger charge is -2.34. The third-order valence-corrected chi connectivity index (χ3v) is 6.07. The number of nitrogens with zero attached hydrogens (tertiary/aromatic N) is 4. The number of guanidine groups is 1. The second-order valence-corrected chi connectivity index (χ2v) is 8.68. The van der Waals surface area contributed by atoms with Crippen LogP contribution < -0.4 is 15.5 Å². The zero-order valence-electron chi connectivity index (χ0n) is 16.6. The van der Waals surface area contributed by atoms with Gasteiger partial charge in [-0.2, -0.15) is 5.10 Å². The van der Waals surface area contributed by atoms with E-state index < -0.39 is 0 Å². The van der Waals surface area contributed by atoms with E-state index in [-0.39, 0.29) is 0 Å². The zero-order valence-corrected chi connectivity index (χ0v) is 18.2. The molecule has 2 fully saturated rings. The lowest BCUT2D eigenvalue weighted by atomic mass is 10.1. The fraction of sp³-hybridized carbons (Fsp3) is 0.524. The Hall–Kier alpha value is -2.02. The summed E-state index contributed by atoms with van der Waals surface area (Å²) in [5.41, 5.74) is 2.60. The van der Waals surface area contributed by atoms with E-state index in [1.807, 2.05) is 17.9 Å². The Labute approximate surface area is 175 Å². The molecule has 1 aromatic carbocycles. The van der Waals surface area contributed by atoms with Crippen molar-refractivity contribution in [2.45, 2.75) is 44.2 Å². The number of nitrogens with one attached hydrogen (secondary N) is 2. The molecule has 2 aliphatic rings. The van der Waals surface area contributed by atoms with E-state index in [0.29, 0.717) is 18.0 Å². The van der Waals surface area contributed by atoms with E-state index in [9.17, 15) is 0 Å². The van der Waals surface area contributed by atoms with Crippen LogP contribution in [0.5, 0.6) is 0 Å². The number of anilines is 1. The van der Waals surface area contributed by atoms with E-state index >= 15 is 0 Å². The number of halogens is 1. The number of benzene rings is 1. The van der Waals surface area contributed by atoms with Gasteiger partial charge in [0.15, 0.2) is 5.96 Å². The third-order valence-electron chi connectivity index (χ3n) is 5.55. The van der Waals surface area contributed by atoms with Gasteiger partial charge in [-0.15, -0.1) is 0 Å². The summed E-state index contributed by atoms with van der Waals surface area (Å²) in [6, 6.07) is 9.55. The average Bonchev–Trinajstić information content (AvgIpc) is 3.31. The molecule has 3 atom stereocenters. The van der Waals surface area contributed by atoms with E-state index in [4.69, 9.17) is 4.99 Å². The molecule has 150 valence electrons. The zero-order chi connectivity index (χ0) is 19.5. The quantitative estimate of drug-likeness (QED) is 0.548. The highest BCUT2D eigenvalue weighted by atomic mass is 79.9. The van der Waals surface area contributed by atoms with Gasteiger partial charge in [0.1, 0.15) is 0 Å². The van der Waals surface area contributed by atoms with Gasteiger partial charge in [0.05, 0.1) is 11.9 Å². The molecule has 0 spiro atoms. The predicted octanol–water partition coefficient (Wildman–Crippen LogP) is 3.26. The maximum atomic E-state index is 4.69. The molecule has 2 aromatic rings. The highest BCUT2D eigenvalue weighted by Gasteiger charge is 2.39. The van der Waals surface area contributed by atoms with Gasteiger partial charge < -0.3 is 15.5 Å². The van der Waals surface area contributed by atoms with Gasteiger partial charge in [-0.3, -0.25) is 9.67 Å². The SMILES string of the molecule is CCN=C(NC1CCCN(c2cnn(C)c2)C1)NC1CC1c1ccc(Br)cc1. The molecule has 1 aliphatic carbocycles. The van der Waals surface area contributed by atoms with Crippen LogP contribution in [0.2, 0.25) is 0 Å². The minimum absolute atomic E-state index is 0.400. The second-order valence-electron chi connectivity index (χ2n) is 7.77. The van der Waals surface area contributed by atoms with Crippen molar-refractivity contribution >= 4 is 27.6 Å². The van der Waals surface area contributed by atoms with Crippen LogP contribution in [-0.2, 0) is 7.05 Å². The summed E-state index contributed by atoms with van der Waals surface area (Å²) < 4.78 is 3.00. The average molecular weight is 445 g/mol. The predicted molar refractivity (Wildman–Crippen MR) is 118 cm³/mol. The number of aliphatic imine (C=N–C) groups is 1. The van der Waals surface area contributed by atoms with Crippen LogP contribution in [0.15, 0.2) is 46.1 Å². The van der Waals surface area contributed by atoms with E-state index in [1.54, 1.807) is 0 Å². The van der Waals surface area contributed by atoms with Gasteiger partial charge in [-0.1, -0.05) is 28.1 Å². The summed E-state index contributed by atoms with van der Waals surface area (Å²) in [6.07, 6.45) is 7.56. The maximum Gasteiger partial charge on any atom is 0.191 e. The summed E-state index contributed by atoms with van der Waals surface area (Å²) in [5, 5.41) is 11.6. The molecule has 6 nitrogen and oxygen atoms in total. The van der Waals surface area contributed by atoms with Crippen LogP contribution in [0.1, 0.15) is 37.7 Å². The van der Waals surface area contributed by atoms with Crippen LogP contribution in [0.3, 0.4) is 0 Å². The highest BCUT2D eigenvalue weighted by molar-refractivity contribution is 9.10. The molecule has 28 heavy (non-hydrogen) atoms. The van der Waals surface area contributed by atoms with E-state index in [1.165, 1.54) is 30.5 Å². The summed E-state index contributed by atoms with van der Waals surface area (Å²) in [5.74, 6) is 1.53. The van der Waals surface area contributed by atoms with Crippen LogP contribution in [0.4, 0.5) is 5.69 Å². The Morgan fingerprint density at radius 2 is 2.11 bits per heavy atom. The fourth-order valence-electron chi connectivity index (χ4n) is 3.99. The van der Waals surface area contributed by atoms with Gasteiger partial charge >= 0.3 is 0 Å². The molecule has 2 N–H and O–H groups in total. The molecule has 0 radical (unpaired) electrons. The lowest BCUT2D eigenvalue weighted by Crippen LogP contribution is -2.51. The molecule has 4 rings (SSSR count). The standard InChI is InChI=1S/C21H29BrN6/c1-3-23-21(26-20-11-19(20)15-6-8-16(22)9-7-15)25-17-5-4-10-28(13-17)18-12-24-27(2)14-18/h6-9,12,14,17,19-20H,3-5,10-11,13H2,1-2H3,(H2,23,25,26). The van der Waals surface area contributed by atoms with Gasteiger partial charge in [-0.25, -0.2) is 0 Å². The van der Waals surface area contributed by atoms with Gasteiger partial charge in [-0.05, 0) is 43.9 Å². The van der Waals surface area contributed by atoms with Crippen molar-refractivity contribution in [3.63, 3.8) is 0 Å². The van der Waals surface area contributed by atoms with Crippen molar-refractivity contribution in [1.82, 2.24) is 20.4 Å². The molecular weight excluding hydrogens is 416 g/mol. The first-order valence-corrected chi connectivity index (χ1v) is 11.0. The van der Waals surface area contributed by atoms with Crippen molar-refractivity contribution in [2.24, 2.45) is 12.0 Å². The number of piperidine rings is 1. The Bertz CT molecular complexity index is 815. The van der Waals surface area contributed by atoms with Crippen LogP contribution >= 0.6 is 15.9 Å². The topological polar surface area (TPSA) is 57.5 Å².